The van der Waals surface area contributed by atoms with E-state index in [0.29, 0.717) is 22.1 Å². The molecule has 1 aliphatic rings. The molecule has 1 heterocycles. The van der Waals surface area contributed by atoms with E-state index in [1.54, 1.807) is 12.1 Å². The van der Waals surface area contributed by atoms with Crippen LogP contribution in [0.4, 0.5) is 4.79 Å². The number of rotatable bonds is 4. The number of fused-ring (bicyclic) bond motifs is 1. The maximum atomic E-state index is 11.6. The van der Waals surface area contributed by atoms with Crippen molar-refractivity contribution in [2.75, 3.05) is 6.79 Å². The minimum absolute atomic E-state index is 0.0801. The van der Waals surface area contributed by atoms with E-state index in [2.05, 4.69) is 0 Å². The third kappa shape index (κ3) is 4.36. The number of hydrogen-bond donors (Lipinski definition) is 2. The molecule has 0 unspecified atom stereocenters. The third-order valence-electron chi connectivity index (χ3n) is 2.77. The number of nitrogens with two attached hydrogens (primary N) is 1. The largest absolute Gasteiger partial charge is 0.454 e. The van der Waals surface area contributed by atoms with E-state index >= 15 is 0 Å². The van der Waals surface area contributed by atoms with Crippen LogP contribution in [0, 0.1) is 0 Å². The highest BCUT2D eigenvalue weighted by Crippen LogP contribution is 2.40. The van der Waals surface area contributed by atoms with Gasteiger partial charge in [-0.05, 0) is 30.7 Å². The first kappa shape index (κ1) is 16.6. The molecule has 3 N–H and O–H groups in total. The maximum Gasteiger partial charge on any atom is 0.331 e. The van der Waals surface area contributed by atoms with Crippen molar-refractivity contribution in [2.45, 2.75) is 13.0 Å². The highest BCUT2D eigenvalue weighted by molar-refractivity contribution is 6.32. The summed E-state index contributed by atoms with van der Waals surface area (Å²) in [5.74, 6) is -0.667. The summed E-state index contributed by atoms with van der Waals surface area (Å²) in [6.45, 7) is 1.39. The normalized spacial score (nSPS) is 13.7. The summed E-state index contributed by atoms with van der Waals surface area (Å²) in [6, 6.07) is 2.20. The van der Waals surface area contributed by atoms with Gasteiger partial charge < -0.3 is 19.9 Å². The molecule has 9 heteroatoms. The van der Waals surface area contributed by atoms with E-state index in [9.17, 15) is 14.4 Å². The zero-order valence-electron chi connectivity index (χ0n) is 12.0. The molecule has 2 rings (SSSR count). The van der Waals surface area contributed by atoms with E-state index < -0.39 is 24.0 Å². The number of primary amides is 1. The van der Waals surface area contributed by atoms with Gasteiger partial charge in [0.15, 0.2) is 17.6 Å². The molecule has 1 aromatic carbocycles. The highest BCUT2D eigenvalue weighted by Gasteiger charge is 2.19. The van der Waals surface area contributed by atoms with Gasteiger partial charge in [0.1, 0.15) is 0 Å². The molecule has 0 saturated heterocycles. The summed E-state index contributed by atoms with van der Waals surface area (Å²) in [5.41, 5.74) is 5.38. The zero-order chi connectivity index (χ0) is 17.0. The van der Waals surface area contributed by atoms with Crippen molar-refractivity contribution in [1.82, 2.24) is 5.32 Å². The Morgan fingerprint density at radius 1 is 1.39 bits per heavy atom. The Hall–Kier alpha value is -2.74. The first-order valence-electron chi connectivity index (χ1n) is 6.45. The van der Waals surface area contributed by atoms with Crippen LogP contribution in [-0.4, -0.2) is 30.8 Å². The standard InChI is InChI=1S/C14H13ClN2O6/c1-7(13(19)17-14(16)20)23-11(18)3-2-8-4-9(15)12-10(5-8)21-6-22-12/h2-5,7H,6H2,1H3,(H3,16,17,19,20)/b3-2+/t7-/m0/s1. The Morgan fingerprint density at radius 3 is 2.83 bits per heavy atom. The number of benzene rings is 1. The molecule has 0 radical (unpaired) electrons. The number of esters is 1. The maximum absolute atomic E-state index is 11.6. The monoisotopic (exact) mass is 340 g/mol. The van der Waals surface area contributed by atoms with Crippen LogP contribution in [0.25, 0.3) is 6.08 Å². The molecule has 0 aromatic heterocycles. The molecule has 0 aliphatic carbocycles. The van der Waals surface area contributed by atoms with Crippen LogP contribution < -0.4 is 20.5 Å². The van der Waals surface area contributed by atoms with Crippen molar-refractivity contribution in [3.05, 3.63) is 28.8 Å². The lowest BCUT2D eigenvalue weighted by atomic mass is 10.2. The number of halogens is 1. The molecule has 8 nitrogen and oxygen atoms in total. The molecule has 0 saturated carbocycles. The molecular weight excluding hydrogens is 328 g/mol. The first-order valence-corrected chi connectivity index (χ1v) is 6.82. The average Bonchev–Trinajstić information content (AvgIpc) is 2.93. The van der Waals surface area contributed by atoms with Crippen LogP contribution >= 0.6 is 11.6 Å². The number of nitrogens with one attached hydrogen (secondary N) is 1. The molecule has 0 bridgehead atoms. The summed E-state index contributed by atoms with van der Waals surface area (Å²) < 4.78 is 15.2. The summed E-state index contributed by atoms with van der Waals surface area (Å²) in [5, 5.41) is 2.16. The fourth-order valence-corrected chi connectivity index (χ4v) is 2.01. The van der Waals surface area contributed by atoms with E-state index in [4.69, 9.17) is 31.5 Å². The fraction of sp³-hybridized carbons (Fsp3) is 0.214. The van der Waals surface area contributed by atoms with Gasteiger partial charge in [0, 0.05) is 6.08 Å². The summed E-state index contributed by atoms with van der Waals surface area (Å²) in [7, 11) is 0. The lowest BCUT2D eigenvalue weighted by Gasteiger charge is -2.10. The molecule has 0 spiro atoms. The Balaban J connectivity index is 1.97. The van der Waals surface area contributed by atoms with Crippen LogP contribution in [0.3, 0.4) is 0 Å². The van der Waals surface area contributed by atoms with Gasteiger partial charge in [-0.1, -0.05) is 11.6 Å². The SMILES string of the molecule is C[C@H](OC(=O)/C=C/c1cc(Cl)c2c(c1)OCO2)C(=O)NC(N)=O. The number of carbonyl (C=O) groups is 3. The van der Waals surface area contributed by atoms with Crippen LogP contribution in [0.15, 0.2) is 18.2 Å². The smallest absolute Gasteiger partial charge is 0.331 e. The topological polar surface area (TPSA) is 117 Å². The predicted molar refractivity (Wildman–Crippen MR) is 79.9 cm³/mol. The zero-order valence-corrected chi connectivity index (χ0v) is 12.8. The van der Waals surface area contributed by atoms with E-state index in [0.717, 1.165) is 6.08 Å². The Kier molecular flexibility index (Phi) is 5.07. The van der Waals surface area contributed by atoms with Gasteiger partial charge in [0.25, 0.3) is 5.91 Å². The van der Waals surface area contributed by atoms with Crippen molar-refractivity contribution in [2.24, 2.45) is 5.73 Å². The van der Waals surface area contributed by atoms with Crippen molar-refractivity contribution in [3.63, 3.8) is 0 Å². The minimum atomic E-state index is -1.17. The number of urea groups is 1. The van der Waals surface area contributed by atoms with Gasteiger partial charge in [0.05, 0.1) is 5.02 Å². The van der Waals surface area contributed by atoms with E-state index in [-0.39, 0.29) is 6.79 Å². The Bertz CT molecular complexity index is 688. The molecule has 0 fully saturated rings. The van der Waals surface area contributed by atoms with Crippen molar-refractivity contribution >= 4 is 35.6 Å². The van der Waals surface area contributed by atoms with Gasteiger partial charge in [-0.25, -0.2) is 9.59 Å². The third-order valence-corrected chi connectivity index (χ3v) is 3.05. The van der Waals surface area contributed by atoms with E-state index in [1.165, 1.54) is 13.0 Å². The lowest BCUT2D eigenvalue weighted by molar-refractivity contribution is -0.149. The number of carbonyl (C=O) groups excluding carboxylic acids is 3. The van der Waals surface area contributed by atoms with Crippen molar-refractivity contribution in [3.8, 4) is 11.5 Å². The van der Waals surface area contributed by atoms with Gasteiger partial charge >= 0.3 is 12.0 Å². The molecule has 23 heavy (non-hydrogen) atoms. The van der Waals surface area contributed by atoms with Crippen LogP contribution in [-0.2, 0) is 14.3 Å². The second kappa shape index (κ2) is 7.01. The predicted octanol–water partition coefficient (Wildman–Crippen LogP) is 1.21. The van der Waals surface area contributed by atoms with Gasteiger partial charge in [-0.2, -0.15) is 0 Å². The molecule has 1 aromatic rings. The first-order chi connectivity index (χ1) is 10.9. The molecule has 122 valence electrons. The fourth-order valence-electron chi connectivity index (χ4n) is 1.74. The quantitative estimate of drug-likeness (QED) is 0.628. The molecule has 1 aliphatic heterocycles. The second-order valence-corrected chi connectivity index (χ2v) is 4.91. The molecular formula is C14H13ClN2O6. The number of hydrogen-bond acceptors (Lipinski definition) is 6. The lowest BCUT2D eigenvalue weighted by Crippen LogP contribution is -2.42. The molecule has 3 amide bonds. The van der Waals surface area contributed by atoms with Crippen molar-refractivity contribution < 1.29 is 28.6 Å². The Labute approximate surface area is 136 Å². The van der Waals surface area contributed by atoms with E-state index in [1.807, 2.05) is 5.32 Å². The average molecular weight is 341 g/mol. The van der Waals surface area contributed by atoms with Crippen molar-refractivity contribution in [1.29, 1.82) is 0 Å². The van der Waals surface area contributed by atoms with Gasteiger partial charge in [0.2, 0.25) is 6.79 Å². The van der Waals surface area contributed by atoms with Crippen LogP contribution in [0.1, 0.15) is 12.5 Å². The summed E-state index contributed by atoms with van der Waals surface area (Å²) in [6.07, 6.45) is 1.39. The molecule has 1 atom stereocenters. The minimum Gasteiger partial charge on any atom is -0.454 e. The Morgan fingerprint density at radius 2 is 2.13 bits per heavy atom. The number of ether oxygens (including phenoxy) is 3. The summed E-state index contributed by atoms with van der Waals surface area (Å²) >= 11 is 6.01. The number of imide groups is 1. The van der Waals surface area contributed by atoms with Crippen LogP contribution in [0.2, 0.25) is 5.02 Å². The van der Waals surface area contributed by atoms with Gasteiger partial charge in [-0.15, -0.1) is 0 Å². The summed E-state index contributed by atoms with van der Waals surface area (Å²) in [4.78, 5) is 33.6. The highest BCUT2D eigenvalue weighted by atomic mass is 35.5. The number of amides is 3. The van der Waals surface area contributed by atoms with Gasteiger partial charge in [-0.3, -0.25) is 10.1 Å². The van der Waals surface area contributed by atoms with Crippen LogP contribution in [0.5, 0.6) is 11.5 Å². The second-order valence-electron chi connectivity index (χ2n) is 4.50.